The lowest BCUT2D eigenvalue weighted by atomic mass is 9.84. The van der Waals surface area contributed by atoms with Crippen LogP contribution in [0.25, 0.3) is 0 Å². The Balaban J connectivity index is 1.68. The van der Waals surface area contributed by atoms with Crippen LogP contribution in [0.4, 0.5) is 0 Å². The highest BCUT2D eigenvalue weighted by atomic mass is 16.5. The number of imide groups is 1. The highest BCUT2D eigenvalue weighted by Gasteiger charge is 2.52. The summed E-state index contributed by atoms with van der Waals surface area (Å²) in [5.41, 5.74) is -0.328. The first kappa shape index (κ1) is 12.2. The molecule has 4 nitrogen and oxygen atoms in total. The molecule has 0 bridgehead atoms. The standard InChI is InChI=1S/C14H21NO3/c16-12-9-14(6-2-3-7-14)13(17)15(12)10-11-5-1-4-8-18-11/h11H,1-10H2/t11-/m0/s1. The molecular formula is C14H21NO3. The van der Waals surface area contributed by atoms with Crippen LogP contribution in [0.15, 0.2) is 0 Å². The third-order valence-electron chi connectivity index (χ3n) is 4.71. The summed E-state index contributed by atoms with van der Waals surface area (Å²) in [6, 6.07) is 0. The van der Waals surface area contributed by atoms with Crippen molar-refractivity contribution in [1.82, 2.24) is 4.90 Å². The Hall–Kier alpha value is -0.900. The number of hydrogen-bond acceptors (Lipinski definition) is 3. The summed E-state index contributed by atoms with van der Waals surface area (Å²) < 4.78 is 5.64. The number of amides is 2. The molecule has 2 amide bonds. The number of ether oxygens (including phenoxy) is 1. The van der Waals surface area contributed by atoms with Crippen LogP contribution >= 0.6 is 0 Å². The fraction of sp³-hybridized carbons (Fsp3) is 0.857. The fourth-order valence-electron chi connectivity index (χ4n) is 3.64. The smallest absolute Gasteiger partial charge is 0.235 e. The molecule has 18 heavy (non-hydrogen) atoms. The van der Waals surface area contributed by atoms with Crippen LogP contribution in [-0.2, 0) is 14.3 Å². The van der Waals surface area contributed by atoms with Gasteiger partial charge in [-0.2, -0.15) is 0 Å². The molecule has 0 radical (unpaired) electrons. The van der Waals surface area contributed by atoms with Crippen LogP contribution < -0.4 is 0 Å². The van der Waals surface area contributed by atoms with Gasteiger partial charge < -0.3 is 4.74 Å². The quantitative estimate of drug-likeness (QED) is 0.704. The third kappa shape index (κ3) is 1.96. The number of carbonyl (C=O) groups is 2. The molecule has 1 aliphatic carbocycles. The minimum atomic E-state index is -0.328. The molecule has 0 aromatic carbocycles. The first-order valence-corrected chi connectivity index (χ1v) is 7.18. The second-order valence-corrected chi connectivity index (χ2v) is 5.96. The van der Waals surface area contributed by atoms with Gasteiger partial charge in [0.2, 0.25) is 11.8 Å². The van der Waals surface area contributed by atoms with Crippen molar-refractivity contribution in [2.45, 2.75) is 57.5 Å². The van der Waals surface area contributed by atoms with E-state index in [1.807, 2.05) is 0 Å². The molecule has 1 spiro atoms. The molecule has 0 N–H and O–H groups in total. The maximum Gasteiger partial charge on any atom is 0.235 e. The summed E-state index contributed by atoms with van der Waals surface area (Å²) in [6.07, 6.45) is 7.72. The van der Waals surface area contributed by atoms with Gasteiger partial charge in [-0.3, -0.25) is 14.5 Å². The molecule has 0 unspecified atom stereocenters. The topological polar surface area (TPSA) is 46.6 Å². The zero-order valence-corrected chi connectivity index (χ0v) is 10.8. The van der Waals surface area contributed by atoms with Gasteiger partial charge in [0.1, 0.15) is 0 Å². The van der Waals surface area contributed by atoms with Crippen molar-refractivity contribution < 1.29 is 14.3 Å². The molecule has 3 aliphatic rings. The second kappa shape index (κ2) is 4.65. The lowest BCUT2D eigenvalue weighted by Gasteiger charge is -2.27. The van der Waals surface area contributed by atoms with Crippen molar-refractivity contribution in [2.24, 2.45) is 5.41 Å². The van der Waals surface area contributed by atoms with E-state index in [0.29, 0.717) is 13.0 Å². The van der Waals surface area contributed by atoms with Crippen LogP contribution in [0.2, 0.25) is 0 Å². The first-order valence-electron chi connectivity index (χ1n) is 7.18. The lowest BCUT2D eigenvalue weighted by Crippen LogP contribution is -2.41. The minimum absolute atomic E-state index is 0.0241. The summed E-state index contributed by atoms with van der Waals surface area (Å²) in [6.45, 7) is 1.26. The van der Waals surface area contributed by atoms with Gasteiger partial charge in [-0.1, -0.05) is 12.8 Å². The average molecular weight is 251 g/mol. The zero-order valence-electron chi connectivity index (χ0n) is 10.8. The molecule has 0 aromatic rings. The molecule has 1 saturated carbocycles. The molecule has 1 atom stereocenters. The van der Waals surface area contributed by atoms with Gasteiger partial charge in [-0.05, 0) is 32.1 Å². The number of hydrogen-bond donors (Lipinski definition) is 0. The molecule has 2 heterocycles. The molecule has 4 heteroatoms. The van der Waals surface area contributed by atoms with Gasteiger partial charge in [0.25, 0.3) is 0 Å². The summed E-state index contributed by atoms with van der Waals surface area (Å²) >= 11 is 0. The number of nitrogens with zero attached hydrogens (tertiary/aromatic N) is 1. The summed E-state index contributed by atoms with van der Waals surface area (Å²) in [5, 5.41) is 0. The van der Waals surface area contributed by atoms with Gasteiger partial charge in [-0.25, -0.2) is 0 Å². The molecular weight excluding hydrogens is 230 g/mol. The van der Waals surface area contributed by atoms with E-state index >= 15 is 0 Å². The van der Waals surface area contributed by atoms with E-state index in [0.717, 1.165) is 51.6 Å². The lowest BCUT2D eigenvalue weighted by molar-refractivity contribution is -0.144. The van der Waals surface area contributed by atoms with Crippen molar-refractivity contribution in [2.75, 3.05) is 13.2 Å². The van der Waals surface area contributed by atoms with Crippen molar-refractivity contribution in [1.29, 1.82) is 0 Å². The molecule has 2 saturated heterocycles. The summed E-state index contributed by atoms with van der Waals surface area (Å²) in [4.78, 5) is 26.0. The Labute approximate surface area is 108 Å². The van der Waals surface area contributed by atoms with Crippen LogP contribution in [0.5, 0.6) is 0 Å². The Morgan fingerprint density at radius 2 is 1.94 bits per heavy atom. The van der Waals surface area contributed by atoms with Gasteiger partial charge in [0.15, 0.2) is 0 Å². The van der Waals surface area contributed by atoms with Gasteiger partial charge in [0.05, 0.1) is 18.1 Å². The molecule has 0 aromatic heterocycles. The van der Waals surface area contributed by atoms with Gasteiger partial charge in [0, 0.05) is 13.0 Å². The normalized spacial score (nSPS) is 31.6. The van der Waals surface area contributed by atoms with Crippen LogP contribution in [0.1, 0.15) is 51.4 Å². The van der Waals surface area contributed by atoms with E-state index < -0.39 is 0 Å². The minimum Gasteiger partial charge on any atom is -0.376 e. The zero-order chi connectivity index (χ0) is 12.6. The predicted octanol–water partition coefficient (Wildman–Crippen LogP) is 1.87. The fourth-order valence-corrected chi connectivity index (χ4v) is 3.64. The Morgan fingerprint density at radius 3 is 2.61 bits per heavy atom. The van der Waals surface area contributed by atoms with Crippen molar-refractivity contribution >= 4 is 11.8 Å². The SMILES string of the molecule is O=C1CC2(CCCC2)C(=O)N1C[C@@H]1CCCCO1. The number of likely N-dealkylation sites (tertiary alicyclic amines) is 1. The van der Waals surface area contributed by atoms with Crippen molar-refractivity contribution in [3.63, 3.8) is 0 Å². The van der Waals surface area contributed by atoms with E-state index in [-0.39, 0.29) is 23.3 Å². The Bertz CT molecular complexity index is 354. The summed E-state index contributed by atoms with van der Waals surface area (Å²) in [7, 11) is 0. The average Bonchev–Trinajstić information content (AvgIpc) is 2.93. The van der Waals surface area contributed by atoms with Crippen LogP contribution in [0, 0.1) is 5.41 Å². The highest BCUT2D eigenvalue weighted by Crippen LogP contribution is 2.46. The maximum absolute atomic E-state index is 12.5. The molecule has 3 fully saturated rings. The van der Waals surface area contributed by atoms with Crippen LogP contribution in [-0.4, -0.2) is 36.0 Å². The van der Waals surface area contributed by atoms with Crippen molar-refractivity contribution in [3.8, 4) is 0 Å². The Morgan fingerprint density at radius 1 is 1.17 bits per heavy atom. The molecule has 2 aliphatic heterocycles. The van der Waals surface area contributed by atoms with Crippen LogP contribution in [0.3, 0.4) is 0 Å². The number of carbonyl (C=O) groups excluding carboxylic acids is 2. The molecule has 100 valence electrons. The van der Waals surface area contributed by atoms with E-state index in [9.17, 15) is 9.59 Å². The van der Waals surface area contributed by atoms with E-state index in [1.165, 1.54) is 4.90 Å². The monoisotopic (exact) mass is 251 g/mol. The van der Waals surface area contributed by atoms with Crippen molar-refractivity contribution in [3.05, 3.63) is 0 Å². The summed E-state index contributed by atoms with van der Waals surface area (Å²) in [5.74, 6) is 0.107. The third-order valence-corrected chi connectivity index (χ3v) is 4.71. The largest absolute Gasteiger partial charge is 0.376 e. The Kier molecular flexibility index (Phi) is 3.14. The number of rotatable bonds is 2. The predicted molar refractivity (Wildman–Crippen MR) is 65.8 cm³/mol. The first-order chi connectivity index (χ1) is 8.71. The van der Waals surface area contributed by atoms with E-state index in [1.54, 1.807) is 0 Å². The maximum atomic E-state index is 12.5. The van der Waals surface area contributed by atoms with Gasteiger partial charge in [-0.15, -0.1) is 0 Å². The highest BCUT2D eigenvalue weighted by molar-refractivity contribution is 6.06. The van der Waals surface area contributed by atoms with E-state index in [4.69, 9.17) is 4.74 Å². The molecule has 3 rings (SSSR count). The van der Waals surface area contributed by atoms with E-state index in [2.05, 4.69) is 0 Å². The van der Waals surface area contributed by atoms with Gasteiger partial charge >= 0.3 is 0 Å². The second-order valence-electron chi connectivity index (χ2n) is 5.96.